The molecule has 140 valence electrons. The maximum Gasteiger partial charge on any atom is 0.256 e. The largest absolute Gasteiger partial charge is 0.305 e. The fourth-order valence-electron chi connectivity index (χ4n) is 2.29. The molecular formula is C17H9F6N3O. The first-order valence-electron chi connectivity index (χ1n) is 7.38. The van der Waals surface area contributed by atoms with Crippen LogP contribution in [-0.4, -0.2) is 15.7 Å². The van der Waals surface area contributed by atoms with Gasteiger partial charge in [-0.1, -0.05) is 6.07 Å². The van der Waals surface area contributed by atoms with E-state index in [1.165, 1.54) is 24.4 Å². The van der Waals surface area contributed by atoms with Crippen LogP contribution in [0.2, 0.25) is 0 Å². The molecule has 1 N–H and O–H groups in total. The van der Waals surface area contributed by atoms with Crippen LogP contribution in [0.25, 0.3) is 0 Å². The number of nitrogens with one attached hydrogen (secondary N) is 1. The second-order valence-corrected chi connectivity index (χ2v) is 5.41. The Hall–Kier alpha value is -3.30. The lowest BCUT2D eigenvalue weighted by Gasteiger charge is -2.08. The van der Waals surface area contributed by atoms with Crippen LogP contribution in [0.1, 0.15) is 15.9 Å². The first-order valence-corrected chi connectivity index (χ1v) is 7.38. The molecule has 0 aliphatic rings. The maximum absolute atomic E-state index is 13.7. The van der Waals surface area contributed by atoms with Gasteiger partial charge in [-0.3, -0.25) is 9.48 Å². The van der Waals surface area contributed by atoms with Gasteiger partial charge in [0.1, 0.15) is 5.82 Å². The molecule has 0 fully saturated rings. The Bertz CT molecular complexity index is 1000. The summed E-state index contributed by atoms with van der Waals surface area (Å²) in [6.07, 6.45) is 1.17. The van der Waals surface area contributed by atoms with Gasteiger partial charge in [-0.05, 0) is 18.2 Å². The molecule has 3 aromatic rings. The van der Waals surface area contributed by atoms with E-state index in [2.05, 4.69) is 10.4 Å². The van der Waals surface area contributed by atoms with Gasteiger partial charge in [0.2, 0.25) is 5.82 Å². The number of carbonyl (C=O) groups is 1. The minimum Gasteiger partial charge on any atom is -0.305 e. The van der Waals surface area contributed by atoms with Crippen molar-refractivity contribution in [2.45, 2.75) is 6.54 Å². The topological polar surface area (TPSA) is 46.9 Å². The van der Waals surface area contributed by atoms with Crippen molar-refractivity contribution in [3.63, 3.8) is 0 Å². The number of carbonyl (C=O) groups excluding carboxylic acids is 1. The Kier molecular flexibility index (Phi) is 4.89. The van der Waals surface area contributed by atoms with Crippen LogP contribution < -0.4 is 5.32 Å². The Morgan fingerprint density at radius 1 is 0.926 bits per heavy atom. The third-order valence-electron chi connectivity index (χ3n) is 3.59. The molecule has 0 aliphatic carbocycles. The predicted molar refractivity (Wildman–Crippen MR) is 81.9 cm³/mol. The van der Waals surface area contributed by atoms with Crippen molar-refractivity contribution in [1.29, 1.82) is 0 Å². The van der Waals surface area contributed by atoms with Gasteiger partial charge in [-0.2, -0.15) is 5.10 Å². The van der Waals surface area contributed by atoms with Crippen molar-refractivity contribution < 1.29 is 31.1 Å². The van der Waals surface area contributed by atoms with Crippen LogP contribution in [0.4, 0.5) is 32.2 Å². The third-order valence-corrected chi connectivity index (χ3v) is 3.59. The highest BCUT2D eigenvalue weighted by molar-refractivity contribution is 6.03. The van der Waals surface area contributed by atoms with Crippen LogP contribution in [0.3, 0.4) is 0 Å². The van der Waals surface area contributed by atoms with Crippen LogP contribution in [0.15, 0.2) is 36.5 Å². The molecule has 0 bridgehead atoms. The van der Waals surface area contributed by atoms with E-state index in [1.54, 1.807) is 0 Å². The summed E-state index contributed by atoms with van der Waals surface area (Å²) in [5.74, 6) is -11.7. The van der Waals surface area contributed by atoms with Crippen molar-refractivity contribution >= 4 is 11.7 Å². The zero-order valence-electron chi connectivity index (χ0n) is 13.2. The van der Waals surface area contributed by atoms with Crippen molar-refractivity contribution in [2.75, 3.05) is 5.32 Å². The van der Waals surface area contributed by atoms with Crippen molar-refractivity contribution in [3.8, 4) is 0 Å². The summed E-state index contributed by atoms with van der Waals surface area (Å²) in [7, 11) is 0. The second-order valence-electron chi connectivity index (χ2n) is 5.41. The lowest BCUT2D eigenvalue weighted by molar-refractivity contribution is 0.102. The lowest BCUT2D eigenvalue weighted by Crippen LogP contribution is -2.14. The van der Waals surface area contributed by atoms with Crippen LogP contribution in [0.5, 0.6) is 0 Å². The molecule has 3 rings (SSSR count). The average Bonchev–Trinajstić information content (AvgIpc) is 3.09. The van der Waals surface area contributed by atoms with E-state index < -0.39 is 52.9 Å². The van der Waals surface area contributed by atoms with Gasteiger partial charge in [-0.25, -0.2) is 26.3 Å². The Morgan fingerprint density at radius 3 is 2.19 bits per heavy atom. The molecule has 10 heteroatoms. The van der Waals surface area contributed by atoms with Crippen molar-refractivity contribution in [3.05, 3.63) is 82.6 Å². The molecule has 0 spiro atoms. The number of halogens is 6. The number of rotatable bonds is 4. The summed E-state index contributed by atoms with van der Waals surface area (Å²) in [6, 6.07) is 6.05. The Labute approximate surface area is 148 Å². The van der Waals surface area contributed by atoms with Gasteiger partial charge in [0.25, 0.3) is 5.91 Å². The zero-order chi connectivity index (χ0) is 19.7. The first kappa shape index (κ1) is 18.5. The molecule has 1 heterocycles. The molecule has 2 aromatic carbocycles. The number of amides is 1. The Balaban J connectivity index is 1.80. The van der Waals surface area contributed by atoms with E-state index >= 15 is 0 Å². The predicted octanol–water partition coefficient (Wildman–Crippen LogP) is 4.02. The highest BCUT2D eigenvalue weighted by Gasteiger charge is 2.26. The number of benzene rings is 2. The van der Waals surface area contributed by atoms with Gasteiger partial charge in [0, 0.05) is 17.8 Å². The van der Waals surface area contributed by atoms with E-state index in [0.717, 1.165) is 16.8 Å². The number of hydrogen-bond donors (Lipinski definition) is 1. The second kappa shape index (κ2) is 7.14. The summed E-state index contributed by atoms with van der Waals surface area (Å²) in [5, 5.41) is 6.10. The lowest BCUT2D eigenvalue weighted by atomic mass is 10.1. The highest BCUT2D eigenvalue weighted by Crippen LogP contribution is 2.23. The molecular weight excluding hydrogens is 376 g/mol. The van der Waals surface area contributed by atoms with Gasteiger partial charge in [0.15, 0.2) is 29.1 Å². The number of anilines is 1. The van der Waals surface area contributed by atoms with Gasteiger partial charge in [0.05, 0.1) is 12.1 Å². The average molecular weight is 385 g/mol. The van der Waals surface area contributed by atoms with E-state index in [1.807, 2.05) is 0 Å². The van der Waals surface area contributed by atoms with E-state index in [4.69, 9.17) is 0 Å². The van der Waals surface area contributed by atoms with Crippen LogP contribution in [-0.2, 0) is 6.54 Å². The monoisotopic (exact) mass is 385 g/mol. The molecule has 0 saturated heterocycles. The standard InChI is InChI=1S/C17H9F6N3O/c18-9-3-1-2-8(6-9)17(27)24-11-4-5-26(25-11)7-10-12(19)14(21)16(23)15(22)13(10)20/h1-6H,7H2,(H,24,25,27). The van der Waals surface area contributed by atoms with E-state index in [9.17, 15) is 31.1 Å². The number of hydrogen-bond acceptors (Lipinski definition) is 2. The number of aromatic nitrogens is 2. The van der Waals surface area contributed by atoms with E-state index in [0.29, 0.717) is 0 Å². The third kappa shape index (κ3) is 3.64. The SMILES string of the molecule is O=C(Nc1ccn(Cc2c(F)c(F)c(F)c(F)c2F)n1)c1cccc(F)c1. The molecule has 0 radical (unpaired) electrons. The summed E-state index contributed by atoms with van der Waals surface area (Å²) in [4.78, 5) is 12.0. The summed E-state index contributed by atoms with van der Waals surface area (Å²) in [6.45, 7) is -0.762. The summed E-state index contributed by atoms with van der Waals surface area (Å²) >= 11 is 0. The molecule has 4 nitrogen and oxygen atoms in total. The summed E-state index contributed by atoms with van der Waals surface area (Å²) in [5.41, 5.74) is -1.07. The molecule has 1 aromatic heterocycles. The van der Waals surface area contributed by atoms with Crippen LogP contribution >= 0.6 is 0 Å². The van der Waals surface area contributed by atoms with Crippen molar-refractivity contribution in [2.24, 2.45) is 0 Å². The fraction of sp³-hybridized carbons (Fsp3) is 0.0588. The maximum atomic E-state index is 13.7. The zero-order valence-corrected chi connectivity index (χ0v) is 13.2. The molecule has 0 atom stereocenters. The van der Waals surface area contributed by atoms with Gasteiger partial charge >= 0.3 is 0 Å². The molecule has 0 aliphatic heterocycles. The minimum absolute atomic E-state index is 0.00400. The van der Waals surface area contributed by atoms with Crippen molar-refractivity contribution in [1.82, 2.24) is 9.78 Å². The van der Waals surface area contributed by atoms with E-state index in [-0.39, 0.29) is 11.4 Å². The van der Waals surface area contributed by atoms with Gasteiger partial charge < -0.3 is 5.32 Å². The molecule has 27 heavy (non-hydrogen) atoms. The Morgan fingerprint density at radius 2 is 1.56 bits per heavy atom. The quantitative estimate of drug-likeness (QED) is 0.419. The first-order chi connectivity index (χ1) is 12.8. The normalized spacial score (nSPS) is 10.9. The highest BCUT2D eigenvalue weighted by atomic mass is 19.2. The molecule has 0 saturated carbocycles. The molecule has 1 amide bonds. The fourth-order valence-corrected chi connectivity index (χ4v) is 2.29. The summed E-state index contributed by atoms with van der Waals surface area (Å²) < 4.78 is 80.9. The van der Waals surface area contributed by atoms with Gasteiger partial charge in [-0.15, -0.1) is 0 Å². The smallest absolute Gasteiger partial charge is 0.256 e. The van der Waals surface area contributed by atoms with Crippen LogP contribution in [0, 0.1) is 34.9 Å². The molecule has 0 unspecified atom stereocenters. The number of nitrogens with zero attached hydrogens (tertiary/aromatic N) is 2. The minimum atomic E-state index is -2.25.